The molecule has 18 heavy (non-hydrogen) atoms. The monoisotopic (exact) mass is 268 g/mol. The SMILES string of the molecule is CC1CN(c2nc(C3CC3)c(CO)s2)CCCO1. The smallest absolute Gasteiger partial charge is 0.185 e. The van der Waals surface area contributed by atoms with Crippen LogP contribution < -0.4 is 4.90 Å². The molecule has 2 heterocycles. The van der Waals surface area contributed by atoms with Gasteiger partial charge in [0.1, 0.15) is 0 Å². The first-order valence-corrected chi connectivity index (χ1v) is 7.56. The van der Waals surface area contributed by atoms with Crippen molar-refractivity contribution in [3.63, 3.8) is 0 Å². The van der Waals surface area contributed by atoms with Crippen LogP contribution in [0.2, 0.25) is 0 Å². The summed E-state index contributed by atoms with van der Waals surface area (Å²) in [7, 11) is 0. The number of hydrogen-bond acceptors (Lipinski definition) is 5. The van der Waals surface area contributed by atoms with Gasteiger partial charge in [0.2, 0.25) is 0 Å². The van der Waals surface area contributed by atoms with Gasteiger partial charge in [-0.3, -0.25) is 0 Å². The van der Waals surface area contributed by atoms with Crippen molar-refractivity contribution >= 4 is 16.5 Å². The van der Waals surface area contributed by atoms with E-state index in [0.717, 1.165) is 41.8 Å². The van der Waals surface area contributed by atoms with Crippen LogP contribution in [0.1, 0.15) is 42.7 Å². The Morgan fingerprint density at radius 1 is 1.50 bits per heavy atom. The van der Waals surface area contributed by atoms with E-state index in [9.17, 15) is 5.11 Å². The van der Waals surface area contributed by atoms with Crippen LogP contribution in [0, 0.1) is 0 Å². The molecule has 5 heteroatoms. The number of aliphatic hydroxyl groups excluding tert-OH is 1. The number of thiazole rings is 1. The topological polar surface area (TPSA) is 45.6 Å². The largest absolute Gasteiger partial charge is 0.391 e. The second-order valence-corrected chi connectivity index (χ2v) is 6.28. The molecule has 1 saturated heterocycles. The number of aromatic nitrogens is 1. The van der Waals surface area contributed by atoms with E-state index in [4.69, 9.17) is 9.72 Å². The first-order valence-electron chi connectivity index (χ1n) is 6.75. The zero-order valence-electron chi connectivity index (χ0n) is 10.8. The van der Waals surface area contributed by atoms with Gasteiger partial charge < -0.3 is 14.7 Å². The van der Waals surface area contributed by atoms with E-state index >= 15 is 0 Å². The zero-order chi connectivity index (χ0) is 12.5. The summed E-state index contributed by atoms with van der Waals surface area (Å²) in [4.78, 5) is 8.15. The summed E-state index contributed by atoms with van der Waals surface area (Å²) in [6, 6.07) is 0. The maximum absolute atomic E-state index is 9.44. The van der Waals surface area contributed by atoms with Gasteiger partial charge in [-0.2, -0.15) is 0 Å². The molecule has 2 fully saturated rings. The lowest BCUT2D eigenvalue weighted by Crippen LogP contribution is -2.29. The van der Waals surface area contributed by atoms with E-state index in [2.05, 4.69) is 11.8 Å². The first kappa shape index (κ1) is 12.4. The Morgan fingerprint density at radius 3 is 3.06 bits per heavy atom. The molecule has 1 aromatic rings. The minimum atomic E-state index is 0.128. The fraction of sp³-hybridized carbons (Fsp3) is 0.769. The zero-order valence-corrected chi connectivity index (χ0v) is 11.6. The van der Waals surface area contributed by atoms with Crippen LogP contribution in [0.3, 0.4) is 0 Å². The van der Waals surface area contributed by atoms with Gasteiger partial charge in [-0.1, -0.05) is 11.3 Å². The molecule has 0 aromatic carbocycles. The third-order valence-electron chi connectivity index (χ3n) is 3.55. The normalized spacial score (nSPS) is 25.2. The lowest BCUT2D eigenvalue weighted by atomic mass is 10.2. The summed E-state index contributed by atoms with van der Waals surface area (Å²) < 4.78 is 5.66. The highest BCUT2D eigenvalue weighted by molar-refractivity contribution is 7.15. The number of anilines is 1. The van der Waals surface area contributed by atoms with E-state index in [1.165, 1.54) is 12.8 Å². The van der Waals surface area contributed by atoms with Crippen LogP contribution >= 0.6 is 11.3 Å². The summed E-state index contributed by atoms with van der Waals surface area (Å²) >= 11 is 1.65. The van der Waals surface area contributed by atoms with Crippen molar-refractivity contribution in [1.29, 1.82) is 0 Å². The predicted molar refractivity (Wildman–Crippen MR) is 72.3 cm³/mol. The summed E-state index contributed by atoms with van der Waals surface area (Å²) in [6.07, 6.45) is 3.78. The third-order valence-corrected chi connectivity index (χ3v) is 4.66. The minimum absolute atomic E-state index is 0.128. The summed E-state index contributed by atoms with van der Waals surface area (Å²) in [6.45, 7) is 4.99. The summed E-state index contributed by atoms with van der Waals surface area (Å²) in [5.74, 6) is 0.609. The highest BCUT2D eigenvalue weighted by Gasteiger charge is 2.30. The maximum atomic E-state index is 9.44. The molecule has 1 aliphatic heterocycles. The highest BCUT2D eigenvalue weighted by Crippen LogP contribution is 2.44. The van der Waals surface area contributed by atoms with Crippen molar-refractivity contribution in [2.45, 2.75) is 44.8 Å². The summed E-state index contributed by atoms with van der Waals surface area (Å²) in [5, 5.41) is 10.5. The van der Waals surface area contributed by atoms with Crippen molar-refractivity contribution in [2.24, 2.45) is 0 Å². The van der Waals surface area contributed by atoms with Crippen LogP contribution in [-0.4, -0.2) is 35.9 Å². The number of aliphatic hydroxyl groups is 1. The van der Waals surface area contributed by atoms with Crippen molar-refractivity contribution in [3.05, 3.63) is 10.6 Å². The van der Waals surface area contributed by atoms with Crippen molar-refractivity contribution in [1.82, 2.24) is 4.98 Å². The molecule has 1 saturated carbocycles. The molecule has 1 N–H and O–H groups in total. The molecule has 1 aliphatic carbocycles. The molecule has 1 unspecified atom stereocenters. The molecule has 0 amide bonds. The Kier molecular flexibility index (Phi) is 3.54. The van der Waals surface area contributed by atoms with Gasteiger partial charge in [0.25, 0.3) is 0 Å². The van der Waals surface area contributed by atoms with Gasteiger partial charge in [0, 0.05) is 25.6 Å². The van der Waals surface area contributed by atoms with E-state index in [-0.39, 0.29) is 12.7 Å². The summed E-state index contributed by atoms with van der Waals surface area (Å²) in [5.41, 5.74) is 1.15. The third kappa shape index (κ3) is 2.53. The van der Waals surface area contributed by atoms with Crippen molar-refractivity contribution in [3.8, 4) is 0 Å². The van der Waals surface area contributed by atoms with Crippen LogP contribution in [0.5, 0.6) is 0 Å². The molecule has 3 rings (SSSR count). The second-order valence-electron chi connectivity index (χ2n) is 5.22. The molecule has 1 atom stereocenters. The van der Waals surface area contributed by atoms with Gasteiger partial charge in [0.05, 0.1) is 23.3 Å². The van der Waals surface area contributed by atoms with Crippen molar-refractivity contribution in [2.75, 3.05) is 24.6 Å². The average Bonchev–Trinajstić information content (AvgIpc) is 3.15. The Bertz CT molecular complexity index is 417. The minimum Gasteiger partial charge on any atom is -0.391 e. The Labute approximate surface area is 112 Å². The number of nitrogens with zero attached hydrogens (tertiary/aromatic N) is 2. The van der Waals surface area contributed by atoms with E-state index < -0.39 is 0 Å². The standard InChI is InChI=1S/C13H20N2O2S/c1-9-7-15(5-2-6-17-9)13-14-12(10-3-4-10)11(8-16)18-13/h9-10,16H,2-8H2,1H3. The lowest BCUT2D eigenvalue weighted by Gasteiger charge is -2.20. The molecule has 0 spiro atoms. The van der Waals surface area contributed by atoms with Gasteiger partial charge >= 0.3 is 0 Å². The molecule has 0 radical (unpaired) electrons. The van der Waals surface area contributed by atoms with Crippen LogP contribution in [-0.2, 0) is 11.3 Å². The van der Waals surface area contributed by atoms with Gasteiger partial charge in [-0.05, 0) is 26.2 Å². The highest BCUT2D eigenvalue weighted by atomic mass is 32.1. The molecular formula is C13H20N2O2S. The van der Waals surface area contributed by atoms with Crippen LogP contribution in [0.4, 0.5) is 5.13 Å². The lowest BCUT2D eigenvalue weighted by molar-refractivity contribution is 0.0821. The van der Waals surface area contributed by atoms with Crippen LogP contribution in [0.15, 0.2) is 0 Å². The molecule has 1 aromatic heterocycles. The fourth-order valence-electron chi connectivity index (χ4n) is 2.44. The molecule has 2 aliphatic rings. The first-order chi connectivity index (χ1) is 8.78. The second kappa shape index (κ2) is 5.15. The molecule has 4 nitrogen and oxygen atoms in total. The maximum Gasteiger partial charge on any atom is 0.185 e. The predicted octanol–water partition coefficient (Wildman–Crippen LogP) is 2.13. The molecular weight excluding hydrogens is 248 g/mol. The van der Waals surface area contributed by atoms with Gasteiger partial charge in [0.15, 0.2) is 5.13 Å². The van der Waals surface area contributed by atoms with Gasteiger partial charge in [-0.25, -0.2) is 4.98 Å². The average molecular weight is 268 g/mol. The Hall–Kier alpha value is -0.650. The van der Waals surface area contributed by atoms with E-state index in [1.807, 2.05) is 0 Å². The number of hydrogen-bond donors (Lipinski definition) is 1. The van der Waals surface area contributed by atoms with Crippen molar-refractivity contribution < 1.29 is 9.84 Å². The van der Waals surface area contributed by atoms with Crippen LogP contribution in [0.25, 0.3) is 0 Å². The quantitative estimate of drug-likeness (QED) is 0.912. The fourth-order valence-corrected chi connectivity index (χ4v) is 3.48. The van der Waals surface area contributed by atoms with E-state index in [1.54, 1.807) is 11.3 Å². The van der Waals surface area contributed by atoms with E-state index in [0.29, 0.717) is 5.92 Å². The Morgan fingerprint density at radius 2 is 2.33 bits per heavy atom. The Balaban J connectivity index is 1.81. The van der Waals surface area contributed by atoms with Gasteiger partial charge in [-0.15, -0.1) is 0 Å². The molecule has 0 bridgehead atoms. The number of ether oxygens (including phenoxy) is 1. The molecule has 100 valence electrons. The number of rotatable bonds is 3.